The number of nitrogens with zero attached hydrogens (tertiary/aromatic N) is 2. The lowest BCUT2D eigenvalue weighted by molar-refractivity contribution is -0.123. The molecule has 0 aliphatic heterocycles. The van der Waals surface area contributed by atoms with Crippen molar-refractivity contribution in [2.45, 2.75) is 40.3 Å². The van der Waals surface area contributed by atoms with Crippen molar-refractivity contribution >= 4 is 39.9 Å². The molecule has 0 radical (unpaired) electrons. The number of esters is 1. The monoisotopic (exact) mass is 441 g/mol. The fraction of sp³-hybridized carbons (Fsp3) is 0.304. The van der Waals surface area contributed by atoms with Crippen LogP contribution in [0.2, 0.25) is 5.02 Å². The molecule has 1 aromatic heterocycles. The van der Waals surface area contributed by atoms with Crippen LogP contribution in [0.1, 0.15) is 36.8 Å². The molecule has 0 saturated carbocycles. The van der Waals surface area contributed by atoms with E-state index in [0.29, 0.717) is 28.0 Å². The molecule has 2 aromatic carbocycles. The fourth-order valence-electron chi connectivity index (χ4n) is 3.09. The lowest BCUT2D eigenvalue weighted by atomic mass is 10.1. The van der Waals surface area contributed by atoms with Crippen LogP contribution in [0.3, 0.4) is 0 Å². The number of aromatic nitrogens is 2. The predicted molar refractivity (Wildman–Crippen MR) is 121 cm³/mol. The topological polar surface area (TPSA) is 90.3 Å². The van der Waals surface area contributed by atoms with E-state index in [-0.39, 0.29) is 17.2 Å². The Labute approximate surface area is 185 Å². The van der Waals surface area contributed by atoms with E-state index in [1.807, 2.05) is 20.8 Å². The van der Waals surface area contributed by atoms with Gasteiger partial charge in [-0.3, -0.25) is 9.59 Å². The summed E-state index contributed by atoms with van der Waals surface area (Å²) in [7, 11) is 0. The number of ether oxygens (including phenoxy) is 1. The van der Waals surface area contributed by atoms with E-state index in [9.17, 15) is 14.4 Å². The Kier molecular flexibility index (Phi) is 6.75. The quantitative estimate of drug-likeness (QED) is 0.579. The van der Waals surface area contributed by atoms with Crippen LogP contribution >= 0.6 is 11.6 Å². The summed E-state index contributed by atoms with van der Waals surface area (Å²) in [6.07, 6.45) is -1.09. The molecule has 0 aliphatic carbocycles. The molecule has 1 unspecified atom stereocenters. The highest BCUT2D eigenvalue weighted by Gasteiger charge is 2.24. The molecule has 0 spiro atoms. The van der Waals surface area contributed by atoms with Crippen LogP contribution in [-0.4, -0.2) is 27.8 Å². The van der Waals surface area contributed by atoms with Gasteiger partial charge in [0.25, 0.3) is 11.5 Å². The molecule has 3 aromatic rings. The number of carbonyl (C=O) groups excluding carboxylic acids is 2. The van der Waals surface area contributed by atoms with Gasteiger partial charge < -0.3 is 10.1 Å². The number of fused-ring (bicyclic) bond motifs is 1. The number of rotatable bonds is 6. The fourth-order valence-corrected chi connectivity index (χ4v) is 3.26. The van der Waals surface area contributed by atoms with Gasteiger partial charge in [0.2, 0.25) is 0 Å². The van der Waals surface area contributed by atoms with Crippen molar-refractivity contribution in [1.82, 2.24) is 9.78 Å². The molecule has 7 nitrogen and oxygen atoms in total. The van der Waals surface area contributed by atoms with Crippen molar-refractivity contribution < 1.29 is 14.3 Å². The molecule has 1 amide bonds. The summed E-state index contributed by atoms with van der Waals surface area (Å²) in [6, 6.07) is 11.8. The van der Waals surface area contributed by atoms with E-state index in [1.165, 1.54) is 11.6 Å². The number of carbonyl (C=O) groups is 2. The second kappa shape index (κ2) is 9.31. The normalized spacial score (nSPS) is 12.1. The summed E-state index contributed by atoms with van der Waals surface area (Å²) in [5, 5.41) is 8.20. The molecule has 0 saturated heterocycles. The molecule has 1 atom stereocenters. The van der Waals surface area contributed by atoms with E-state index in [4.69, 9.17) is 16.3 Å². The van der Waals surface area contributed by atoms with Crippen molar-refractivity contribution in [3.8, 4) is 0 Å². The van der Waals surface area contributed by atoms with Crippen LogP contribution in [0, 0.1) is 12.8 Å². The molecule has 31 heavy (non-hydrogen) atoms. The number of amides is 1. The maximum atomic E-state index is 12.9. The number of benzene rings is 2. The number of nitrogens with one attached hydrogen (secondary N) is 1. The second-order valence-corrected chi connectivity index (χ2v) is 8.21. The van der Waals surface area contributed by atoms with Crippen LogP contribution in [0.25, 0.3) is 10.8 Å². The predicted octanol–water partition coefficient (Wildman–Crippen LogP) is 4.20. The first-order chi connectivity index (χ1) is 14.7. The van der Waals surface area contributed by atoms with Gasteiger partial charge in [0.1, 0.15) is 0 Å². The Morgan fingerprint density at radius 1 is 1.13 bits per heavy atom. The van der Waals surface area contributed by atoms with Gasteiger partial charge in [-0.15, -0.1) is 0 Å². The first kappa shape index (κ1) is 22.5. The van der Waals surface area contributed by atoms with E-state index in [1.54, 1.807) is 42.5 Å². The van der Waals surface area contributed by atoms with Crippen LogP contribution in [0.15, 0.2) is 47.3 Å². The first-order valence-corrected chi connectivity index (χ1v) is 10.3. The molecular weight excluding hydrogens is 418 g/mol. The highest BCUT2D eigenvalue weighted by molar-refractivity contribution is 6.31. The van der Waals surface area contributed by atoms with Gasteiger partial charge in [0.05, 0.1) is 5.39 Å². The number of hydrogen-bond acceptors (Lipinski definition) is 5. The second-order valence-electron chi connectivity index (χ2n) is 7.77. The highest BCUT2D eigenvalue weighted by atomic mass is 35.5. The summed E-state index contributed by atoms with van der Waals surface area (Å²) < 4.78 is 6.65. The van der Waals surface area contributed by atoms with Gasteiger partial charge in [-0.2, -0.15) is 5.10 Å². The van der Waals surface area contributed by atoms with E-state index >= 15 is 0 Å². The Morgan fingerprint density at radius 2 is 1.81 bits per heavy atom. The summed E-state index contributed by atoms with van der Waals surface area (Å²) >= 11 is 5.99. The third-order valence-electron chi connectivity index (χ3n) is 4.71. The van der Waals surface area contributed by atoms with E-state index < -0.39 is 18.0 Å². The molecule has 162 valence electrons. The van der Waals surface area contributed by atoms with Gasteiger partial charge in [-0.25, -0.2) is 9.48 Å². The molecule has 0 fully saturated rings. The van der Waals surface area contributed by atoms with E-state index in [2.05, 4.69) is 10.4 Å². The lowest BCUT2D eigenvalue weighted by Crippen LogP contribution is -2.32. The van der Waals surface area contributed by atoms with Crippen LogP contribution in [0.5, 0.6) is 0 Å². The molecule has 1 heterocycles. The zero-order valence-corrected chi connectivity index (χ0v) is 18.6. The Bertz CT molecular complexity index is 1200. The van der Waals surface area contributed by atoms with Gasteiger partial charge in [0.15, 0.2) is 11.8 Å². The molecule has 0 aliphatic rings. The minimum Gasteiger partial charge on any atom is -0.448 e. The maximum absolute atomic E-state index is 12.9. The van der Waals surface area contributed by atoms with Gasteiger partial charge in [0, 0.05) is 22.6 Å². The standard InChI is InChI=1S/C23H24ClN3O4/c1-13(2)12-27-22(29)18-8-6-5-7-17(18)20(26-27)23(30)31-15(4)21(28)25-19-11-16(24)10-9-14(19)3/h5-11,13,15H,12H2,1-4H3,(H,25,28). The summed E-state index contributed by atoms with van der Waals surface area (Å²) in [6.45, 7) is 7.56. The third-order valence-corrected chi connectivity index (χ3v) is 4.94. The number of halogens is 1. The van der Waals surface area contributed by atoms with Crippen LogP contribution in [-0.2, 0) is 16.1 Å². The Balaban J connectivity index is 1.87. The number of aryl methyl sites for hydroxylation is 1. The molecule has 8 heteroatoms. The largest absolute Gasteiger partial charge is 0.448 e. The average molecular weight is 442 g/mol. The van der Waals surface area contributed by atoms with Crippen LogP contribution in [0.4, 0.5) is 5.69 Å². The van der Waals surface area contributed by atoms with Crippen molar-refractivity contribution in [1.29, 1.82) is 0 Å². The van der Waals surface area contributed by atoms with Crippen molar-refractivity contribution in [3.05, 3.63) is 69.1 Å². The SMILES string of the molecule is Cc1ccc(Cl)cc1NC(=O)C(C)OC(=O)c1nn(CC(C)C)c(=O)c2ccccc12. The number of hydrogen-bond donors (Lipinski definition) is 1. The van der Waals surface area contributed by atoms with Gasteiger partial charge in [-0.1, -0.05) is 49.7 Å². The lowest BCUT2D eigenvalue weighted by Gasteiger charge is -2.16. The first-order valence-electron chi connectivity index (χ1n) is 9.95. The smallest absolute Gasteiger partial charge is 0.360 e. The molecule has 3 rings (SSSR count). The number of anilines is 1. The Hall–Kier alpha value is -3.19. The highest BCUT2D eigenvalue weighted by Crippen LogP contribution is 2.21. The van der Waals surface area contributed by atoms with Crippen molar-refractivity contribution in [2.24, 2.45) is 5.92 Å². The van der Waals surface area contributed by atoms with E-state index in [0.717, 1.165) is 5.56 Å². The Morgan fingerprint density at radius 3 is 2.48 bits per heavy atom. The van der Waals surface area contributed by atoms with Crippen LogP contribution < -0.4 is 10.9 Å². The zero-order valence-electron chi connectivity index (χ0n) is 17.8. The third kappa shape index (κ3) is 5.11. The minimum atomic E-state index is -1.09. The minimum absolute atomic E-state index is 0.00515. The van der Waals surface area contributed by atoms with Gasteiger partial charge in [-0.05, 0) is 43.5 Å². The van der Waals surface area contributed by atoms with Crippen molar-refractivity contribution in [2.75, 3.05) is 5.32 Å². The molecule has 1 N–H and O–H groups in total. The summed E-state index contributed by atoms with van der Waals surface area (Å²) in [5.74, 6) is -1.13. The molecular formula is C23H24ClN3O4. The summed E-state index contributed by atoms with van der Waals surface area (Å²) in [4.78, 5) is 38.2. The van der Waals surface area contributed by atoms with Gasteiger partial charge >= 0.3 is 5.97 Å². The molecule has 0 bridgehead atoms. The average Bonchev–Trinajstić information content (AvgIpc) is 2.72. The zero-order chi connectivity index (χ0) is 22.7. The summed E-state index contributed by atoms with van der Waals surface area (Å²) in [5.41, 5.74) is 1.08. The maximum Gasteiger partial charge on any atom is 0.360 e. The van der Waals surface area contributed by atoms with Crippen molar-refractivity contribution in [3.63, 3.8) is 0 Å².